The number of hydrogen-bond donors (Lipinski definition) is 1. The van der Waals surface area contributed by atoms with E-state index in [2.05, 4.69) is 10.1 Å². The number of halogens is 2. The molecule has 8 nitrogen and oxygen atoms in total. The van der Waals surface area contributed by atoms with E-state index in [0.29, 0.717) is 44.2 Å². The molecular weight excluding hydrogens is 507 g/mol. The normalized spacial score (nSPS) is 14.2. The Bertz CT molecular complexity index is 1480. The van der Waals surface area contributed by atoms with Crippen molar-refractivity contribution in [3.8, 4) is 34.5 Å². The molecule has 1 aliphatic heterocycles. The molecule has 2 aliphatic rings. The Kier molecular flexibility index (Phi) is 5.70. The van der Waals surface area contributed by atoms with E-state index < -0.39 is 5.97 Å². The van der Waals surface area contributed by atoms with Crippen molar-refractivity contribution in [3.63, 3.8) is 0 Å². The third-order valence-electron chi connectivity index (χ3n) is 6.03. The molecule has 3 heterocycles. The van der Waals surface area contributed by atoms with E-state index in [1.165, 1.54) is 12.1 Å². The fourth-order valence-electron chi connectivity index (χ4n) is 4.03. The third-order valence-corrected chi connectivity index (χ3v) is 6.66. The number of ether oxygens (including phenoxy) is 3. The number of carboxylic acid groups (broad SMARTS) is 1. The first-order valence-electron chi connectivity index (χ1n) is 11.2. The van der Waals surface area contributed by atoms with E-state index in [1.807, 2.05) is 0 Å². The molecule has 0 unspecified atom stereocenters. The molecule has 1 aliphatic carbocycles. The number of aromatic carboxylic acids is 1. The van der Waals surface area contributed by atoms with Crippen molar-refractivity contribution in [2.75, 3.05) is 0 Å². The summed E-state index contributed by atoms with van der Waals surface area (Å²) in [6, 6.07) is 13.2. The maximum absolute atomic E-state index is 11.3. The minimum absolute atomic E-state index is 0.125. The van der Waals surface area contributed by atoms with Gasteiger partial charge in [-0.3, -0.25) is 0 Å². The molecule has 0 radical (unpaired) electrons. The molecule has 0 saturated heterocycles. The Morgan fingerprint density at radius 2 is 1.89 bits per heavy atom. The average molecular weight is 525 g/mol. The first-order valence-corrected chi connectivity index (χ1v) is 12.0. The quantitative estimate of drug-likeness (QED) is 0.291. The molecule has 4 aromatic rings. The Morgan fingerprint density at radius 3 is 2.64 bits per heavy atom. The molecule has 6 rings (SSSR count). The van der Waals surface area contributed by atoms with Gasteiger partial charge in [-0.15, -0.1) is 0 Å². The number of nitrogens with zero attached hydrogens (tertiary/aromatic N) is 2. The molecule has 10 heteroatoms. The number of pyridine rings is 1. The topological polar surface area (TPSA) is 104 Å². The van der Waals surface area contributed by atoms with Crippen LogP contribution < -0.4 is 14.2 Å². The zero-order valence-electron chi connectivity index (χ0n) is 18.7. The molecule has 2 aromatic carbocycles. The van der Waals surface area contributed by atoms with Gasteiger partial charge in [0, 0.05) is 23.1 Å². The van der Waals surface area contributed by atoms with Gasteiger partial charge in [0.15, 0.2) is 5.75 Å². The van der Waals surface area contributed by atoms with E-state index in [4.69, 9.17) is 41.9 Å². The Morgan fingerprint density at radius 1 is 1.08 bits per heavy atom. The van der Waals surface area contributed by atoms with Crippen molar-refractivity contribution in [2.45, 2.75) is 32.0 Å². The lowest BCUT2D eigenvalue weighted by molar-refractivity contribution is 0.0696. The summed E-state index contributed by atoms with van der Waals surface area (Å²) in [5, 5.41) is 14.5. The summed E-state index contributed by atoms with van der Waals surface area (Å²) in [7, 11) is 0. The van der Waals surface area contributed by atoms with Crippen LogP contribution in [0, 0.1) is 0 Å². The average Bonchev–Trinajstić information content (AvgIpc) is 3.65. The highest BCUT2D eigenvalue weighted by atomic mass is 35.5. The number of aromatic nitrogens is 2. The largest absolute Gasteiger partial charge is 0.478 e. The van der Waals surface area contributed by atoms with Gasteiger partial charge in [0.2, 0.25) is 5.88 Å². The van der Waals surface area contributed by atoms with Crippen LogP contribution in [0.4, 0.5) is 0 Å². The molecule has 1 saturated carbocycles. The van der Waals surface area contributed by atoms with Gasteiger partial charge in [-0.25, -0.2) is 4.79 Å². The van der Waals surface area contributed by atoms with Gasteiger partial charge < -0.3 is 23.8 Å². The summed E-state index contributed by atoms with van der Waals surface area (Å²) in [6.45, 7) is 0.312. The zero-order valence-corrected chi connectivity index (χ0v) is 20.2. The maximum atomic E-state index is 11.3. The smallest absolute Gasteiger partial charge is 0.335 e. The van der Waals surface area contributed by atoms with Crippen LogP contribution in [0.2, 0.25) is 10.0 Å². The van der Waals surface area contributed by atoms with Crippen LogP contribution in [-0.2, 0) is 13.2 Å². The van der Waals surface area contributed by atoms with E-state index >= 15 is 0 Å². The van der Waals surface area contributed by atoms with E-state index in [0.717, 1.165) is 24.2 Å². The van der Waals surface area contributed by atoms with Gasteiger partial charge in [-0.2, -0.15) is 4.98 Å². The lowest BCUT2D eigenvalue weighted by Crippen LogP contribution is -2.02. The highest BCUT2D eigenvalue weighted by Crippen LogP contribution is 2.46. The minimum atomic E-state index is -1.04. The van der Waals surface area contributed by atoms with Crippen molar-refractivity contribution in [1.82, 2.24) is 10.1 Å². The van der Waals surface area contributed by atoms with Gasteiger partial charge in [-0.1, -0.05) is 40.5 Å². The Balaban J connectivity index is 1.27. The van der Waals surface area contributed by atoms with Crippen molar-refractivity contribution < 1.29 is 28.6 Å². The molecule has 1 fully saturated rings. The SMILES string of the molecule is O=C(O)c1ccc2c(c1)Oc1ccc(OCc3c(-c4c(Cl)cccc4Cl)noc3C3CC3)nc1OC2. The molecule has 36 heavy (non-hydrogen) atoms. The summed E-state index contributed by atoms with van der Waals surface area (Å²) < 4.78 is 23.4. The molecular formula is C26H18Cl2N2O6. The van der Waals surface area contributed by atoms with Crippen LogP contribution in [0.15, 0.2) is 53.1 Å². The third kappa shape index (κ3) is 4.23. The van der Waals surface area contributed by atoms with Gasteiger partial charge in [0.1, 0.15) is 30.4 Å². The lowest BCUT2D eigenvalue weighted by atomic mass is 10.0. The first kappa shape index (κ1) is 22.7. The molecule has 182 valence electrons. The molecule has 2 aromatic heterocycles. The fraction of sp³-hybridized carbons (Fsp3) is 0.192. The molecule has 0 atom stereocenters. The second-order valence-corrected chi connectivity index (χ2v) is 9.32. The van der Waals surface area contributed by atoms with Crippen LogP contribution in [0.3, 0.4) is 0 Å². The summed E-state index contributed by atoms with van der Waals surface area (Å²) in [4.78, 5) is 15.8. The summed E-state index contributed by atoms with van der Waals surface area (Å²) >= 11 is 12.9. The van der Waals surface area contributed by atoms with E-state index in [9.17, 15) is 9.90 Å². The number of carbonyl (C=O) groups is 1. The molecule has 0 spiro atoms. The van der Waals surface area contributed by atoms with Crippen molar-refractivity contribution in [2.24, 2.45) is 0 Å². The number of fused-ring (bicyclic) bond motifs is 2. The lowest BCUT2D eigenvalue weighted by Gasteiger charge is -2.11. The minimum Gasteiger partial charge on any atom is -0.478 e. The van der Waals surface area contributed by atoms with Gasteiger partial charge in [-0.05, 0) is 43.2 Å². The molecule has 0 bridgehead atoms. The monoisotopic (exact) mass is 524 g/mol. The molecule has 1 N–H and O–H groups in total. The summed E-state index contributed by atoms with van der Waals surface area (Å²) in [5.74, 6) is 1.33. The summed E-state index contributed by atoms with van der Waals surface area (Å²) in [5.41, 5.74) is 2.75. The highest BCUT2D eigenvalue weighted by molar-refractivity contribution is 6.39. The fourth-order valence-corrected chi connectivity index (χ4v) is 4.61. The number of rotatable bonds is 6. The first-order chi connectivity index (χ1) is 17.5. The van der Waals surface area contributed by atoms with E-state index in [-0.39, 0.29) is 30.6 Å². The van der Waals surface area contributed by atoms with Crippen molar-refractivity contribution in [1.29, 1.82) is 0 Å². The number of carboxylic acids is 1. The second-order valence-electron chi connectivity index (χ2n) is 8.50. The van der Waals surface area contributed by atoms with Gasteiger partial charge in [0.25, 0.3) is 5.88 Å². The van der Waals surface area contributed by atoms with Crippen molar-refractivity contribution in [3.05, 3.63) is 81.0 Å². The van der Waals surface area contributed by atoms with Gasteiger partial charge in [0.05, 0.1) is 21.2 Å². The van der Waals surface area contributed by atoms with Crippen LogP contribution >= 0.6 is 23.2 Å². The maximum Gasteiger partial charge on any atom is 0.335 e. The van der Waals surface area contributed by atoms with Crippen LogP contribution in [0.1, 0.15) is 46.0 Å². The van der Waals surface area contributed by atoms with Crippen LogP contribution in [-0.4, -0.2) is 21.2 Å². The van der Waals surface area contributed by atoms with E-state index in [1.54, 1.807) is 36.4 Å². The van der Waals surface area contributed by atoms with Crippen LogP contribution in [0.5, 0.6) is 23.3 Å². The number of hydrogen-bond acceptors (Lipinski definition) is 7. The molecule has 0 amide bonds. The second kappa shape index (κ2) is 9.04. The van der Waals surface area contributed by atoms with Crippen molar-refractivity contribution >= 4 is 29.2 Å². The highest BCUT2D eigenvalue weighted by Gasteiger charge is 2.34. The predicted octanol–water partition coefficient (Wildman–Crippen LogP) is 6.88. The van der Waals surface area contributed by atoms with Crippen LogP contribution in [0.25, 0.3) is 11.3 Å². The van der Waals surface area contributed by atoms with Gasteiger partial charge >= 0.3 is 5.97 Å². The summed E-state index contributed by atoms with van der Waals surface area (Å²) in [6.07, 6.45) is 2.04. The predicted molar refractivity (Wildman–Crippen MR) is 130 cm³/mol. The standard InChI is InChI=1S/C26H18Cl2N2O6/c27-17-2-1-3-18(28)22(17)23-16(24(36-30-23)13-4-5-13)12-33-21-9-8-19-25(29-21)34-11-15-7-6-14(26(31)32)10-20(15)35-19/h1-3,6-10,13H,4-5,11-12H2,(H,31,32). The number of benzene rings is 2. The Labute approximate surface area is 215 Å². The Hall–Kier alpha value is -3.75. The zero-order chi connectivity index (χ0) is 24.8.